The largest absolute Gasteiger partial charge is 0.342 e. The lowest BCUT2D eigenvalue weighted by molar-refractivity contribution is -0.467. The first-order chi connectivity index (χ1) is 3.18. The van der Waals surface area contributed by atoms with Crippen molar-refractivity contribution >= 4 is 5.96 Å². The number of hydrogen-bond donors (Lipinski definition) is 2. The summed E-state index contributed by atoms with van der Waals surface area (Å²) in [6.07, 6.45) is 0. The van der Waals surface area contributed by atoms with Crippen LogP contribution in [0.3, 0.4) is 0 Å². The maximum Gasteiger partial charge on any atom is 0.342 e. The molecule has 3 nitrogen and oxygen atoms in total. The molecule has 0 rings (SSSR count). The van der Waals surface area contributed by atoms with Crippen LogP contribution in [-0.4, -0.2) is 31.7 Å². The van der Waals surface area contributed by atoms with Gasteiger partial charge in [0.1, 0.15) is 0 Å². The van der Waals surface area contributed by atoms with Gasteiger partial charge in [-0.3, -0.25) is 15.6 Å². The standard InChI is InChI=1S/C4H11N3/c1-6-4(5)7(2)3/h1-3H3,(H2,5,6)/p+1. The summed E-state index contributed by atoms with van der Waals surface area (Å²) in [5, 5.41) is 2.78. The number of rotatable bonds is 0. The number of nitrogens with zero attached hydrogens (tertiary/aromatic N) is 1. The predicted molar refractivity (Wildman–Crippen MR) is 30.4 cm³/mol. The van der Waals surface area contributed by atoms with E-state index >= 15 is 0 Å². The summed E-state index contributed by atoms with van der Waals surface area (Å²) >= 11 is 0. The van der Waals surface area contributed by atoms with Crippen molar-refractivity contribution in [1.82, 2.24) is 5.32 Å². The molecule has 0 bridgehead atoms. The molecule has 0 fully saturated rings. The molecule has 0 saturated heterocycles. The van der Waals surface area contributed by atoms with Gasteiger partial charge in [-0.25, -0.2) is 0 Å². The zero-order valence-electron chi connectivity index (χ0n) is 5.02. The first-order valence-electron chi connectivity index (χ1n) is 2.16. The zero-order valence-corrected chi connectivity index (χ0v) is 5.02. The molecular weight excluding hydrogens is 90.1 g/mol. The van der Waals surface area contributed by atoms with Crippen molar-refractivity contribution in [3.8, 4) is 0 Å². The van der Waals surface area contributed by atoms with E-state index < -0.39 is 0 Å². The molecule has 3 N–H and O–H groups in total. The lowest BCUT2D eigenvalue weighted by Crippen LogP contribution is -2.35. The van der Waals surface area contributed by atoms with E-state index in [0.29, 0.717) is 5.96 Å². The van der Waals surface area contributed by atoms with E-state index in [0.717, 1.165) is 0 Å². The average molecular weight is 102 g/mol. The van der Waals surface area contributed by atoms with E-state index in [-0.39, 0.29) is 0 Å². The van der Waals surface area contributed by atoms with Crippen molar-refractivity contribution in [2.24, 2.45) is 5.73 Å². The second-order valence-corrected chi connectivity index (χ2v) is 1.53. The average Bonchev–Trinajstić information content (AvgIpc) is 1.65. The predicted octanol–water partition coefficient (Wildman–Crippen LogP) is -1.21. The van der Waals surface area contributed by atoms with Crippen LogP contribution in [0.5, 0.6) is 0 Å². The van der Waals surface area contributed by atoms with E-state index in [1.807, 2.05) is 14.1 Å². The SMILES string of the molecule is CNC(N)=[N+](C)C. The highest BCUT2D eigenvalue weighted by atomic mass is 15.1. The van der Waals surface area contributed by atoms with Gasteiger partial charge in [-0.05, 0) is 0 Å². The van der Waals surface area contributed by atoms with Crippen LogP contribution >= 0.6 is 0 Å². The topological polar surface area (TPSA) is 41.1 Å². The van der Waals surface area contributed by atoms with Crippen LogP contribution in [0.2, 0.25) is 0 Å². The number of nitrogens with two attached hydrogens (primary N) is 1. The fourth-order valence-electron chi connectivity index (χ4n) is 0.224. The monoisotopic (exact) mass is 102 g/mol. The van der Waals surface area contributed by atoms with E-state index in [4.69, 9.17) is 5.73 Å². The molecule has 0 aromatic carbocycles. The molecule has 0 aromatic rings. The second kappa shape index (κ2) is 2.44. The second-order valence-electron chi connectivity index (χ2n) is 1.53. The maximum absolute atomic E-state index is 5.35. The molecule has 3 heteroatoms. The van der Waals surface area contributed by atoms with Crippen molar-refractivity contribution in [3.63, 3.8) is 0 Å². The molecule has 0 amide bonds. The van der Waals surface area contributed by atoms with Gasteiger partial charge in [-0.1, -0.05) is 0 Å². The number of guanidine groups is 1. The Labute approximate surface area is 43.8 Å². The Hall–Kier alpha value is -0.730. The van der Waals surface area contributed by atoms with E-state index in [9.17, 15) is 0 Å². The van der Waals surface area contributed by atoms with Gasteiger partial charge in [-0.15, -0.1) is 0 Å². The Balaban J connectivity index is 3.72. The van der Waals surface area contributed by atoms with Crippen LogP contribution in [-0.2, 0) is 0 Å². The molecule has 0 aliphatic carbocycles. The third-order valence-corrected chi connectivity index (χ3v) is 0.738. The fourth-order valence-corrected chi connectivity index (χ4v) is 0.224. The normalized spacial score (nSPS) is 7.86. The summed E-state index contributed by atoms with van der Waals surface area (Å²) in [4.78, 5) is 0. The third kappa shape index (κ3) is 2.03. The van der Waals surface area contributed by atoms with E-state index in [1.54, 1.807) is 11.6 Å². The minimum absolute atomic E-state index is 0.681. The molecule has 0 heterocycles. The van der Waals surface area contributed by atoms with Crippen LogP contribution < -0.4 is 11.1 Å². The Morgan fingerprint density at radius 1 is 1.57 bits per heavy atom. The summed E-state index contributed by atoms with van der Waals surface area (Å²) in [5.74, 6) is 0.681. The molecule has 42 valence electrons. The van der Waals surface area contributed by atoms with Crippen molar-refractivity contribution in [1.29, 1.82) is 0 Å². The van der Waals surface area contributed by atoms with Crippen molar-refractivity contribution in [2.75, 3.05) is 21.1 Å². The molecule has 0 radical (unpaired) electrons. The van der Waals surface area contributed by atoms with Crippen LogP contribution in [0, 0.1) is 0 Å². The highest BCUT2D eigenvalue weighted by Crippen LogP contribution is 1.50. The molecule has 0 aromatic heterocycles. The van der Waals surface area contributed by atoms with Crippen LogP contribution in [0.4, 0.5) is 0 Å². The van der Waals surface area contributed by atoms with Gasteiger partial charge in [0.05, 0.1) is 21.1 Å². The molecule has 0 saturated carbocycles. The van der Waals surface area contributed by atoms with E-state index in [2.05, 4.69) is 5.32 Å². The van der Waals surface area contributed by atoms with Gasteiger partial charge in [0.15, 0.2) is 0 Å². The van der Waals surface area contributed by atoms with Crippen LogP contribution in [0.15, 0.2) is 0 Å². The molecule has 0 spiro atoms. The zero-order chi connectivity index (χ0) is 5.86. The molecule has 0 unspecified atom stereocenters. The van der Waals surface area contributed by atoms with Crippen LogP contribution in [0.25, 0.3) is 0 Å². The minimum atomic E-state index is 0.681. The molecule has 7 heavy (non-hydrogen) atoms. The lowest BCUT2D eigenvalue weighted by Gasteiger charge is -1.92. The summed E-state index contributed by atoms with van der Waals surface area (Å²) in [6, 6.07) is 0. The van der Waals surface area contributed by atoms with Gasteiger partial charge < -0.3 is 0 Å². The van der Waals surface area contributed by atoms with Crippen molar-refractivity contribution < 1.29 is 4.58 Å². The first-order valence-corrected chi connectivity index (χ1v) is 2.16. The first kappa shape index (κ1) is 6.27. The van der Waals surface area contributed by atoms with Gasteiger partial charge in [-0.2, -0.15) is 0 Å². The fraction of sp³-hybridized carbons (Fsp3) is 0.750. The smallest absolute Gasteiger partial charge is 0.291 e. The molecular formula is C4H12N3+. The van der Waals surface area contributed by atoms with Crippen molar-refractivity contribution in [3.05, 3.63) is 0 Å². The Morgan fingerprint density at radius 2 is 2.00 bits per heavy atom. The highest BCUT2D eigenvalue weighted by Gasteiger charge is 1.89. The number of nitrogens with one attached hydrogen (secondary N) is 1. The van der Waals surface area contributed by atoms with E-state index in [1.165, 1.54) is 0 Å². The Kier molecular flexibility index (Phi) is 2.19. The van der Waals surface area contributed by atoms with Gasteiger partial charge >= 0.3 is 5.96 Å². The third-order valence-electron chi connectivity index (χ3n) is 0.738. The Morgan fingerprint density at radius 3 is 2.00 bits per heavy atom. The van der Waals surface area contributed by atoms with Gasteiger partial charge in [0.25, 0.3) is 0 Å². The van der Waals surface area contributed by atoms with Gasteiger partial charge in [0.2, 0.25) is 0 Å². The molecule has 0 atom stereocenters. The summed E-state index contributed by atoms with van der Waals surface area (Å²) < 4.78 is 1.81. The maximum atomic E-state index is 5.35. The Bertz CT molecular complexity index is 80.9. The quantitative estimate of drug-likeness (QED) is 0.229. The summed E-state index contributed by atoms with van der Waals surface area (Å²) in [6.45, 7) is 0. The van der Waals surface area contributed by atoms with Gasteiger partial charge in [0, 0.05) is 0 Å². The molecule has 0 aliphatic rings. The number of hydrogen-bond acceptors (Lipinski definition) is 0. The highest BCUT2D eigenvalue weighted by molar-refractivity contribution is 5.71. The minimum Gasteiger partial charge on any atom is -0.291 e. The molecule has 0 aliphatic heterocycles. The van der Waals surface area contributed by atoms with Crippen molar-refractivity contribution in [2.45, 2.75) is 0 Å². The summed E-state index contributed by atoms with van der Waals surface area (Å²) in [5.41, 5.74) is 5.35. The summed E-state index contributed by atoms with van der Waals surface area (Å²) in [7, 11) is 5.55. The lowest BCUT2D eigenvalue weighted by atomic mass is 10.9. The van der Waals surface area contributed by atoms with Crippen LogP contribution in [0.1, 0.15) is 0 Å².